The molecule has 0 unspecified atom stereocenters. The van der Waals surface area contributed by atoms with Crippen LogP contribution in [0.3, 0.4) is 0 Å². The summed E-state index contributed by atoms with van der Waals surface area (Å²) in [4.78, 5) is 21.9. The molecular formula is C9H8O4S. The van der Waals surface area contributed by atoms with Crippen molar-refractivity contribution < 1.29 is 19.8 Å². The van der Waals surface area contributed by atoms with Crippen molar-refractivity contribution in [3.63, 3.8) is 0 Å². The maximum absolute atomic E-state index is 11.0. The molecule has 0 aliphatic heterocycles. The third kappa shape index (κ3) is 2.05. The van der Waals surface area contributed by atoms with Crippen LogP contribution in [0.25, 0.3) is 0 Å². The Labute approximate surface area is 84.6 Å². The van der Waals surface area contributed by atoms with Crippen molar-refractivity contribution in [2.24, 2.45) is 0 Å². The van der Waals surface area contributed by atoms with Crippen LogP contribution in [0.4, 0.5) is 0 Å². The molecule has 0 spiro atoms. The first-order chi connectivity index (χ1) is 6.56. The summed E-state index contributed by atoms with van der Waals surface area (Å²) < 4.78 is 0. The van der Waals surface area contributed by atoms with Crippen LogP contribution in [0.2, 0.25) is 0 Å². The van der Waals surface area contributed by atoms with Gasteiger partial charge in [0.1, 0.15) is 5.75 Å². The molecule has 1 rings (SSSR count). The smallest absolute Gasteiger partial charge is 0.377 e. The molecule has 74 valence electrons. The predicted octanol–water partition coefficient (Wildman–Crippen LogP) is 1.38. The average Bonchev–Trinajstić information content (AvgIpc) is 2.16. The topological polar surface area (TPSA) is 74.6 Å². The Balaban J connectivity index is 3.09. The normalized spacial score (nSPS) is 9.79. The molecule has 0 aliphatic rings. The molecule has 1 aromatic rings. The van der Waals surface area contributed by atoms with E-state index in [0.717, 1.165) is 6.07 Å². The molecule has 2 N–H and O–H groups in total. The lowest BCUT2D eigenvalue weighted by Gasteiger charge is -2.02. The highest BCUT2D eigenvalue weighted by Gasteiger charge is 2.15. The fraction of sp³-hybridized carbons (Fsp3) is 0.111. The van der Waals surface area contributed by atoms with E-state index in [9.17, 15) is 14.7 Å². The van der Waals surface area contributed by atoms with Gasteiger partial charge in [0.2, 0.25) is 0 Å². The number of ketones is 1. The third-order valence-electron chi connectivity index (χ3n) is 1.64. The van der Waals surface area contributed by atoms with Crippen molar-refractivity contribution in [2.45, 2.75) is 4.90 Å². The Morgan fingerprint density at radius 3 is 2.43 bits per heavy atom. The number of thioether (sulfide) groups is 1. The summed E-state index contributed by atoms with van der Waals surface area (Å²) in [7, 11) is 0. The second kappa shape index (κ2) is 4.15. The minimum absolute atomic E-state index is 0.0206. The number of carboxylic acid groups (broad SMARTS) is 1. The number of rotatable bonds is 3. The number of hydrogen-bond donors (Lipinski definition) is 2. The van der Waals surface area contributed by atoms with E-state index in [2.05, 4.69) is 0 Å². The molecule has 0 amide bonds. The molecule has 0 bridgehead atoms. The van der Waals surface area contributed by atoms with E-state index in [4.69, 9.17) is 5.11 Å². The summed E-state index contributed by atoms with van der Waals surface area (Å²) in [5.74, 6) is -2.63. The summed E-state index contributed by atoms with van der Waals surface area (Å²) in [6.45, 7) is 0. The zero-order valence-corrected chi connectivity index (χ0v) is 8.17. The molecular weight excluding hydrogens is 204 g/mol. The number of carbonyl (C=O) groups is 2. The van der Waals surface area contributed by atoms with Gasteiger partial charge in [-0.25, -0.2) is 4.79 Å². The van der Waals surface area contributed by atoms with Crippen molar-refractivity contribution in [3.8, 4) is 5.75 Å². The number of hydrogen-bond acceptors (Lipinski definition) is 4. The molecule has 0 saturated carbocycles. The first kappa shape index (κ1) is 10.6. The van der Waals surface area contributed by atoms with Gasteiger partial charge in [0.15, 0.2) is 0 Å². The maximum Gasteiger partial charge on any atom is 0.377 e. The monoisotopic (exact) mass is 212 g/mol. The van der Waals surface area contributed by atoms with Gasteiger partial charge in [-0.1, -0.05) is 0 Å². The Morgan fingerprint density at radius 1 is 1.36 bits per heavy atom. The summed E-state index contributed by atoms with van der Waals surface area (Å²) >= 11 is 1.32. The third-order valence-corrected chi connectivity index (χ3v) is 2.42. The number of carbonyl (C=O) groups excluding carboxylic acids is 1. The minimum atomic E-state index is -1.53. The number of aromatic hydroxyl groups is 1. The number of phenols is 1. The van der Waals surface area contributed by atoms with Gasteiger partial charge in [-0.05, 0) is 24.5 Å². The van der Waals surface area contributed by atoms with E-state index in [1.54, 1.807) is 6.26 Å². The lowest BCUT2D eigenvalue weighted by Crippen LogP contribution is -2.12. The summed E-state index contributed by atoms with van der Waals surface area (Å²) in [6.07, 6.45) is 1.77. The van der Waals surface area contributed by atoms with E-state index in [1.807, 2.05) is 0 Å². The highest BCUT2D eigenvalue weighted by Crippen LogP contribution is 2.27. The summed E-state index contributed by atoms with van der Waals surface area (Å²) in [5.41, 5.74) is -0.0206. The van der Waals surface area contributed by atoms with E-state index in [-0.39, 0.29) is 11.3 Å². The van der Waals surface area contributed by atoms with Crippen molar-refractivity contribution in [2.75, 3.05) is 6.26 Å². The van der Waals surface area contributed by atoms with E-state index in [0.29, 0.717) is 4.90 Å². The molecule has 4 nitrogen and oxygen atoms in total. The van der Waals surface area contributed by atoms with E-state index in [1.165, 1.54) is 23.9 Å². The molecule has 0 aliphatic carbocycles. The predicted molar refractivity (Wildman–Crippen MR) is 51.9 cm³/mol. The van der Waals surface area contributed by atoms with Gasteiger partial charge in [-0.3, -0.25) is 4.79 Å². The Hall–Kier alpha value is -1.49. The van der Waals surface area contributed by atoms with Crippen LogP contribution in [0.15, 0.2) is 23.1 Å². The van der Waals surface area contributed by atoms with Gasteiger partial charge >= 0.3 is 5.97 Å². The van der Waals surface area contributed by atoms with Crippen LogP contribution >= 0.6 is 11.8 Å². The van der Waals surface area contributed by atoms with Crippen molar-refractivity contribution in [3.05, 3.63) is 23.8 Å². The van der Waals surface area contributed by atoms with Gasteiger partial charge < -0.3 is 10.2 Å². The standard InChI is InChI=1S/C9H8O4S/c1-14-7-3-2-5(4-6(7)10)8(11)9(12)13/h2-4,10H,1H3,(H,12,13). The minimum Gasteiger partial charge on any atom is -0.507 e. The number of aliphatic carboxylic acids is 1. The van der Waals surface area contributed by atoms with Crippen LogP contribution in [-0.4, -0.2) is 28.2 Å². The zero-order chi connectivity index (χ0) is 10.7. The fourth-order valence-electron chi connectivity index (χ4n) is 0.955. The molecule has 5 heteroatoms. The highest BCUT2D eigenvalue weighted by molar-refractivity contribution is 7.98. The molecule has 0 saturated heterocycles. The number of phenolic OH excluding ortho intramolecular Hbond substituents is 1. The van der Waals surface area contributed by atoms with Crippen molar-refractivity contribution in [1.29, 1.82) is 0 Å². The molecule has 0 aromatic heterocycles. The van der Waals surface area contributed by atoms with Crippen LogP contribution in [0.1, 0.15) is 10.4 Å². The SMILES string of the molecule is CSc1ccc(C(=O)C(=O)O)cc1O. The zero-order valence-electron chi connectivity index (χ0n) is 7.35. The Morgan fingerprint density at radius 2 is 2.00 bits per heavy atom. The first-order valence-electron chi connectivity index (χ1n) is 3.71. The number of Topliss-reactive ketones (excluding diaryl/α,β-unsaturated/α-hetero) is 1. The molecule has 0 heterocycles. The summed E-state index contributed by atoms with van der Waals surface area (Å²) in [6, 6.07) is 4.04. The van der Waals surface area contributed by atoms with Gasteiger partial charge in [-0.2, -0.15) is 0 Å². The average molecular weight is 212 g/mol. The summed E-state index contributed by atoms with van der Waals surface area (Å²) in [5, 5.41) is 17.8. The van der Waals surface area contributed by atoms with E-state index >= 15 is 0 Å². The lowest BCUT2D eigenvalue weighted by atomic mass is 10.1. The number of benzene rings is 1. The van der Waals surface area contributed by atoms with Gasteiger partial charge in [0.25, 0.3) is 5.78 Å². The molecule has 0 radical (unpaired) electrons. The molecule has 0 atom stereocenters. The van der Waals surface area contributed by atoms with Crippen molar-refractivity contribution in [1.82, 2.24) is 0 Å². The first-order valence-corrected chi connectivity index (χ1v) is 4.93. The maximum atomic E-state index is 11.0. The fourth-order valence-corrected chi connectivity index (χ4v) is 1.43. The van der Waals surface area contributed by atoms with Gasteiger partial charge in [0.05, 0.1) is 0 Å². The van der Waals surface area contributed by atoms with E-state index < -0.39 is 11.8 Å². The van der Waals surface area contributed by atoms with Crippen LogP contribution in [-0.2, 0) is 4.79 Å². The van der Waals surface area contributed by atoms with Gasteiger partial charge in [-0.15, -0.1) is 11.8 Å². The molecule has 0 fully saturated rings. The second-order valence-electron chi connectivity index (χ2n) is 2.52. The molecule has 14 heavy (non-hydrogen) atoms. The second-order valence-corrected chi connectivity index (χ2v) is 3.37. The van der Waals surface area contributed by atoms with Crippen molar-refractivity contribution >= 4 is 23.5 Å². The largest absolute Gasteiger partial charge is 0.507 e. The molecule has 1 aromatic carbocycles. The Bertz CT molecular complexity index is 386. The number of carboxylic acids is 1. The Kier molecular flexibility index (Phi) is 3.14. The quantitative estimate of drug-likeness (QED) is 0.450. The van der Waals surface area contributed by atoms with Crippen LogP contribution in [0, 0.1) is 0 Å². The van der Waals surface area contributed by atoms with Gasteiger partial charge in [0, 0.05) is 10.5 Å². The van der Waals surface area contributed by atoms with Crippen LogP contribution in [0.5, 0.6) is 5.75 Å². The van der Waals surface area contributed by atoms with Crippen LogP contribution < -0.4 is 0 Å². The highest BCUT2D eigenvalue weighted by atomic mass is 32.2. The lowest BCUT2D eigenvalue weighted by molar-refractivity contribution is -0.131.